The molecule has 0 aliphatic rings. The molecule has 0 amide bonds. The predicted molar refractivity (Wildman–Crippen MR) is 65.6 cm³/mol. The quantitative estimate of drug-likeness (QED) is 0.797. The molecule has 0 aromatic heterocycles. The van der Waals surface area contributed by atoms with Gasteiger partial charge in [-0.05, 0) is 24.5 Å². The maximum absolute atomic E-state index is 13.0. The first-order chi connectivity index (χ1) is 8.99. The van der Waals surface area contributed by atoms with Crippen molar-refractivity contribution in [2.75, 3.05) is 0 Å². The largest absolute Gasteiger partial charge is 0.453 e. The zero-order valence-electron chi connectivity index (χ0n) is 11.3. The van der Waals surface area contributed by atoms with E-state index in [0.29, 0.717) is 0 Å². The van der Waals surface area contributed by atoms with E-state index < -0.39 is 24.1 Å². The van der Waals surface area contributed by atoms with Gasteiger partial charge in [-0.2, -0.15) is 22.0 Å². The van der Waals surface area contributed by atoms with Crippen molar-refractivity contribution >= 4 is 0 Å². The maximum atomic E-state index is 13.0. The molecular formula is C14H17F5O. The van der Waals surface area contributed by atoms with Crippen LogP contribution in [0.4, 0.5) is 22.0 Å². The van der Waals surface area contributed by atoms with Gasteiger partial charge in [0.1, 0.15) is 0 Å². The van der Waals surface area contributed by atoms with Gasteiger partial charge in [0.25, 0.3) is 0 Å². The molecule has 0 saturated carbocycles. The molecule has 0 aliphatic heterocycles. The maximum Gasteiger partial charge on any atom is 0.453 e. The Labute approximate surface area is 114 Å². The van der Waals surface area contributed by atoms with Crippen molar-refractivity contribution in [2.45, 2.75) is 50.8 Å². The Morgan fingerprint density at radius 1 is 1.00 bits per heavy atom. The lowest BCUT2D eigenvalue weighted by molar-refractivity contribution is -0.296. The van der Waals surface area contributed by atoms with Crippen LogP contribution in [0.1, 0.15) is 37.8 Å². The number of aliphatic hydroxyl groups is 1. The van der Waals surface area contributed by atoms with Crippen LogP contribution in [0.5, 0.6) is 0 Å². The van der Waals surface area contributed by atoms with E-state index in [1.807, 2.05) is 6.92 Å². The third kappa shape index (κ3) is 3.91. The number of hydrogen-bond donors (Lipinski definition) is 1. The highest BCUT2D eigenvalue weighted by Gasteiger charge is 2.59. The Morgan fingerprint density at radius 3 is 1.90 bits per heavy atom. The minimum Gasteiger partial charge on any atom is -0.385 e. The van der Waals surface area contributed by atoms with Gasteiger partial charge in [-0.25, -0.2) is 0 Å². The summed E-state index contributed by atoms with van der Waals surface area (Å²) in [6, 6.07) is 6.02. The molecule has 1 N–H and O–H groups in total. The number of halogens is 5. The highest BCUT2D eigenvalue weighted by molar-refractivity contribution is 5.27. The molecule has 1 aromatic rings. The normalized spacial score (nSPS) is 16.0. The summed E-state index contributed by atoms with van der Waals surface area (Å²) < 4.78 is 62.6. The van der Waals surface area contributed by atoms with Crippen LogP contribution in [0.2, 0.25) is 0 Å². The third-order valence-electron chi connectivity index (χ3n) is 3.10. The highest BCUT2D eigenvalue weighted by atomic mass is 19.4. The minimum absolute atomic E-state index is 0.0429. The van der Waals surface area contributed by atoms with E-state index >= 15 is 0 Å². The predicted octanol–water partition coefficient (Wildman–Crippen LogP) is 4.43. The smallest absolute Gasteiger partial charge is 0.385 e. The minimum atomic E-state index is -5.67. The van der Waals surface area contributed by atoms with Crippen LogP contribution in [-0.4, -0.2) is 17.2 Å². The number of alkyl halides is 5. The molecule has 0 aliphatic carbocycles. The summed E-state index contributed by atoms with van der Waals surface area (Å²) >= 11 is 0. The summed E-state index contributed by atoms with van der Waals surface area (Å²) in [5.41, 5.74) is -1.26. The topological polar surface area (TPSA) is 20.2 Å². The summed E-state index contributed by atoms with van der Waals surface area (Å²) in [6.07, 6.45) is -5.70. The fraction of sp³-hybridized carbons (Fsp3) is 0.571. The zero-order chi connectivity index (χ0) is 15.6. The van der Waals surface area contributed by atoms with Gasteiger partial charge in [0, 0.05) is 0 Å². The summed E-state index contributed by atoms with van der Waals surface area (Å²) in [5, 5.41) is 9.93. The molecule has 6 heteroatoms. The van der Waals surface area contributed by atoms with Crippen molar-refractivity contribution in [3.8, 4) is 0 Å². The fourth-order valence-corrected chi connectivity index (χ4v) is 1.95. The van der Waals surface area contributed by atoms with Gasteiger partial charge in [-0.1, -0.05) is 37.6 Å². The third-order valence-corrected chi connectivity index (χ3v) is 3.10. The van der Waals surface area contributed by atoms with Crippen LogP contribution in [0.25, 0.3) is 0 Å². The first-order valence-corrected chi connectivity index (χ1v) is 6.26. The lowest BCUT2D eigenvalue weighted by atomic mass is 9.88. The molecular weight excluding hydrogens is 279 g/mol. The van der Waals surface area contributed by atoms with E-state index in [0.717, 1.165) is 25.3 Å². The molecule has 0 radical (unpaired) electrons. The van der Waals surface area contributed by atoms with Crippen molar-refractivity contribution in [1.29, 1.82) is 0 Å². The van der Waals surface area contributed by atoms with Gasteiger partial charge in [0.05, 0.1) is 12.0 Å². The molecule has 0 heterocycles. The first kappa shape index (κ1) is 16.9. The molecule has 1 nitrogen and oxygen atoms in total. The van der Waals surface area contributed by atoms with Crippen molar-refractivity contribution in [3.63, 3.8) is 0 Å². The van der Waals surface area contributed by atoms with Crippen molar-refractivity contribution in [2.24, 2.45) is 0 Å². The summed E-state index contributed by atoms with van der Waals surface area (Å²) in [4.78, 5) is 0. The van der Waals surface area contributed by atoms with Gasteiger partial charge < -0.3 is 5.11 Å². The zero-order valence-corrected chi connectivity index (χ0v) is 11.3. The Balaban J connectivity index is 2.93. The highest BCUT2D eigenvalue weighted by Crippen LogP contribution is 2.43. The second kappa shape index (κ2) is 5.68. The van der Waals surface area contributed by atoms with Crippen LogP contribution in [0.3, 0.4) is 0 Å². The van der Waals surface area contributed by atoms with Gasteiger partial charge in [0.15, 0.2) is 0 Å². The molecule has 0 bridgehead atoms. The van der Waals surface area contributed by atoms with Crippen LogP contribution in [-0.2, 0) is 12.0 Å². The first-order valence-electron chi connectivity index (χ1n) is 6.26. The fourth-order valence-electron chi connectivity index (χ4n) is 1.95. The van der Waals surface area contributed by atoms with Crippen LogP contribution in [0.15, 0.2) is 24.3 Å². The average Bonchev–Trinajstić information content (AvgIpc) is 2.27. The lowest BCUT2D eigenvalue weighted by Gasteiger charge is -2.30. The van der Waals surface area contributed by atoms with Crippen LogP contribution in [0, 0.1) is 0 Å². The summed E-state index contributed by atoms with van der Waals surface area (Å²) in [6.45, 7) is 2.93. The Bertz CT molecular complexity index is 434. The van der Waals surface area contributed by atoms with Gasteiger partial charge in [-0.3, -0.25) is 0 Å². The molecule has 20 heavy (non-hydrogen) atoms. The molecule has 1 atom stereocenters. The van der Waals surface area contributed by atoms with E-state index in [2.05, 4.69) is 0 Å². The molecule has 1 rings (SSSR count). The molecule has 114 valence electrons. The molecule has 0 fully saturated rings. The standard InChI is InChI=1S/C14H17F5O/c1-3-4-10-5-7-11(8-6-10)12(2,20)9-13(15,16)14(17,18)19/h5-8,20H,3-4,9H2,1-2H3. The van der Waals surface area contributed by atoms with Crippen molar-refractivity contribution in [3.05, 3.63) is 35.4 Å². The SMILES string of the molecule is CCCc1ccc(C(C)(O)CC(F)(F)C(F)(F)F)cc1. The van der Waals surface area contributed by atoms with E-state index in [1.54, 1.807) is 12.1 Å². The lowest BCUT2D eigenvalue weighted by Crippen LogP contribution is -2.42. The van der Waals surface area contributed by atoms with Crippen LogP contribution >= 0.6 is 0 Å². The molecule has 1 unspecified atom stereocenters. The molecule has 0 spiro atoms. The number of hydrogen-bond acceptors (Lipinski definition) is 1. The number of aryl methyl sites for hydroxylation is 1. The van der Waals surface area contributed by atoms with E-state index in [9.17, 15) is 27.1 Å². The van der Waals surface area contributed by atoms with Crippen LogP contribution < -0.4 is 0 Å². The van der Waals surface area contributed by atoms with Gasteiger partial charge >= 0.3 is 12.1 Å². The number of benzene rings is 1. The molecule has 1 aromatic carbocycles. The van der Waals surface area contributed by atoms with Crippen molar-refractivity contribution in [1.82, 2.24) is 0 Å². The van der Waals surface area contributed by atoms with Gasteiger partial charge in [-0.15, -0.1) is 0 Å². The number of rotatable bonds is 5. The van der Waals surface area contributed by atoms with E-state index in [1.165, 1.54) is 12.1 Å². The van der Waals surface area contributed by atoms with Crippen molar-refractivity contribution < 1.29 is 27.1 Å². The van der Waals surface area contributed by atoms with E-state index in [4.69, 9.17) is 0 Å². The Morgan fingerprint density at radius 2 is 1.50 bits per heavy atom. The molecule has 0 saturated heterocycles. The summed E-state index contributed by atoms with van der Waals surface area (Å²) in [7, 11) is 0. The Hall–Kier alpha value is -1.17. The monoisotopic (exact) mass is 296 g/mol. The second-order valence-corrected chi connectivity index (χ2v) is 5.10. The van der Waals surface area contributed by atoms with E-state index in [-0.39, 0.29) is 5.56 Å². The van der Waals surface area contributed by atoms with Gasteiger partial charge in [0.2, 0.25) is 0 Å². The average molecular weight is 296 g/mol. The summed E-state index contributed by atoms with van der Waals surface area (Å²) in [5.74, 6) is -4.93. The Kier molecular flexibility index (Phi) is 4.79. The second-order valence-electron chi connectivity index (χ2n) is 5.10.